The number of hydrogen-bond acceptors (Lipinski definition) is 4. The van der Waals surface area contributed by atoms with Crippen molar-refractivity contribution in [1.82, 2.24) is 9.97 Å². The van der Waals surface area contributed by atoms with E-state index in [9.17, 15) is 4.79 Å². The summed E-state index contributed by atoms with van der Waals surface area (Å²) in [6, 6.07) is 9.47. The van der Waals surface area contributed by atoms with Crippen LogP contribution in [0.15, 0.2) is 39.6 Å². The molecule has 0 aliphatic heterocycles. The summed E-state index contributed by atoms with van der Waals surface area (Å²) in [5.74, 6) is 1.35. The molecule has 3 rings (SSSR count). The van der Waals surface area contributed by atoms with Gasteiger partial charge < -0.3 is 24.8 Å². The fourth-order valence-electron chi connectivity index (χ4n) is 2.37. The molecule has 0 saturated heterocycles. The molecule has 1 aromatic heterocycles. The number of hydrogen-bond donors (Lipinski definition) is 3. The van der Waals surface area contributed by atoms with Gasteiger partial charge in [-0.15, -0.1) is 0 Å². The number of halogens is 1. The van der Waals surface area contributed by atoms with Crippen molar-refractivity contribution in [2.45, 2.75) is 6.54 Å². The highest BCUT2D eigenvalue weighted by Crippen LogP contribution is 2.33. The zero-order valence-corrected chi connectivity index (χ0v) is 14.3. The smallest absolute Gasteiger partial charge is 0.323 e. The molecule has 0 fully saturated rings. The van der Waals surface area contributed by atoms with Gasteiger partial charge in [-0.1, -0.05) is 15.9 Å². The number of rotatable bonds is 5. The third-order valence-corrected chi connectivity index (χ3v) is 4.29. The van der Waals surface area contributed by atoms with Gasteiger partial charge in [0.25, 0.3) is 0 Å². The van der Waals surface area contributed by atoms with Gasteiger partial charge >= 0.3 is 5.69 Å². The molecule has 0 unspecified atom stereocenters. The van der Waals surface area contributed by atoms with Gasteiger partial charge in [0.15, 0.2) is 11.5 Å². The molecule has 7 heteroatoms. The molecular weight excluding hydrogens is 362 g/mol. The number of ether oxygens (including phenoxy) is 2. The molecule has 6 nitrogen and oxygen atoms in total. The molecule has 3 N–H and O–H groups in total. The highest BCUT2D eigenvalue weighted by molar-refractivity contribution is 9.10. The van der Waals surface area contributed by atoms with Crippen molar-refractivity contribution >= 4 is 32.7 Å². The van der Waals surface area contributed by atoms with Gasteiger partial charge in [0.1, 0.15) is 0 Å². The SMILES string of the molecule is COc1cc(Br)c(CNc2ccc3[nH]c(=O)[nH]c3c2)cc1OC. The minimum Gasteiger partial charge on any atom is -0.493 e. The number of anilines is 1. The Morgan fingerprint density at radius 1 is 1.04 bits per heavy atom. The molecule has 0 spiro atoms. The number of nitrogens with one attached hydrogen (secondary N) is 3. The van der Waals surface area contributed by atoms with E-state index in [-0.39, 0.29) is 5.69 Å². The predicted molar refractivity (Wildman–Crippen MR) is 93.5 cm³/mol. The van der Waals surface area contributed by atoms with Crippen LogP contribution in [0.25, 0.3) is 11.0 Å². The Morgan fingerprint density at radius 3 is 2.48 bits per heavy atom. The van der Waals surface area contributed by atoms with E-state index in [0.717, 1.165) is 26.8 Å². The van der Waals surface area contributed by atoms with Crippen LogP contribution in [0.1, 0.15) is 5.56 Å². The molecule has 0 aliphatic carbocycles. The van der Waals surface area contributed by atoms with Crippen LogP contribution in [0.4, 0.5) is 5.69 Å². The number of fused-ring (bicyclic) bond motifs is 1. The van der Waals surface area contributed by atoms with E-state index in [1.807, 2.05) is 30.3 Å². The molecule has 120 valence electrons. The summed E-state index contributed by atoms with van der Waals surface area (Å²) in [7, 11) is 3.22. The average molecular weight is 378 g/mol. The molecule has 2 aromatic carbocycles. The molecule has 0 radical (unpaired) electrons. The van der Waals surface area contributed by atoms with Crippen LogP contribution < -0.4 is 20.5 Å². The molecule has 0 atom stereocenters. The van der Waals surface area contributed by atoms with Gasteiger partial charge in [0, 0.05) is 16.7 Å². The average Bonchev–Trinajstić information content (AvgIpc) is 2.92. The maximum Gasteiger partial charge on any atom is 0.323 e. The van der Waals surface area contributed by atoms with Crippen LogP contribution in [0.3, 0.4) is 0 Å². The standard InChI is InChI=1S/C16H16BrN3O3/c1-22-14-5-9(11(17)7-15(14)23-2)8-18-10-3-4-12-13(6-10)20-16(21)19-12/h3-7,18H,8H2,1-2H3,(H2,19,20,21). The summed E-state index contributed by atoms with van der Waals surface area (Å²) in [5.41, 5.74) is 3.29. The van der Waals surface area contributed by atoms with Crippen molar-refractivity contribution in [2.75, 3.05) is 19.5 Å². The monoisotopic (exact) mass is 377 g/mol. The first-order valence-corrected chi connectivity index (χ1v) is 7.76. The van der Waals surface area contributed by atoms with Gasteiger partial charge in [-0.25, -0.2) is 4.79 Å². The van der Waals surface area contributed by atoms with Crippen LogP contribution in [0, 0.1) is 0 Å². The second-order valence-corrected chi connectivity index (χ2v) is 5.85. The zero-order chi connectivity index (χ0) is 16.4. The van der Waals surface area contributed by atoms with Gasteiger partial charge in [0.05, 0.1) is 25.3 Å². The minimum atomic E-state index is -0.209. The van der Waals surface area contributed by atoms with Gasteiger partial charge in [-0.2, -0.15) is 0 Å². The predicted octanol–water partition coefficient (Wildman–Crippen LogP) is 3.25. The first kappa shape index (κ1) is 15.5. The van der Waals surface area contributed by atoms with Crippen molar-refractivity contribution in [2.24, 2.45) is 0 Å². The van der Waals surface area contributed by atoms with Crippen LogP contribution in [0.5, 0.6) is 11.5 Å². The van der Waals surface area contributed by atoms with Crippen molar-refractivity contribution in [1.29, 1.82) is 0 Å². The number of aromatic nitrogens is 2. The Morgan fingerprint density at radius 2 is 1.74 bits per heavy atom. The fourth-order valence-corrected chi connectivity index (χ4v) is 2.83. The molecule has 0 amide bonds. The topological polar surface area (TPSA) is 79.1 Å². The first-order chi connectivity index (χ1) is 11.1. The number of aromatic amines is 2. The van der Waals surface area contributed by atoms with Crippen molar-refractivity contribution in [3.63, 3.8) is 0 Å². The Kier molecular flexibility index (Phi) is 4.29. The van der Waals surface area contributed by atoms with E-state index in [1.54, 1.807) is 14.2 Å². The summed E-state index contributed by atoms with van der Waals surface area (Å²) < 4.78 is 11.5. The quantitative estimate of drug-likeness (QED) is 0.637. The maximum atomic E-state index is 11.3. The summed E-state index contributed by atoms with van der Waals surface area (Å²) >= 11 is 3.54. The third-order valence-electron chi connectivity index (χ3n) is 3.55. The van der Waals surface area contributed by atoms with Crippen LogP contribution in [-0.4, -0.2) is 24.2 Å². The lowest BCUT2D eigenvalue weighted by Crippen LogP contribution is -2.02. The molecule has 1 heterocycles. The maximum absolute atomic E-state index is 11.3. The van der Waals surface area contributed by atoms with Crippen LogP contribution in [0.2, 0.25) is 0 Å². The van der Waals surface area contributed by atoms with Crippen LogP contribution in [-0.2, 0) is 6.54 Å². The number of methoxy groups -OCH3 is 2. The van der Waals surface area contributed by atoms with Crippen LogP contribution >= 0.6 is 15.9 Å². The molecule has 23 heavy (non-hydrogen) atoms. The summed E-state index contributed by atoms with van der Waals surface area (Å²) in [4.78, 5) is 16.8. The Balaban J connectivity index is 1.82. The lowest BCUT2D eigenvalue weighted by Gasteiger charge is -2.13. The van der Waals surface area contributed by atoms with E-state index in [1.165, 1.54) is 0 Å². The van der Waals surface area contributed by atoms with E-state index in [2.05, 4.69) is 31.2 Å². The normalized spacial score (nSPS) is 10.7. The summed E-state index contributed by atoms with van der Waals surface area (Å²) in [6.45, 7) is 0.598. The highest BCUT2D eigenvalue weighted by Gasteiger charge is 2.09. The zero-order valence-electron chi connectivity index (χ0n) is 12.7. The lowest BCUT2D eigenvalue weighted by molar-refractivity contribution is 0.354. The van der Waals surface area contributed by atoms with Gasteiger partial charge in [-0.05, 0) is 35.9 Å². The first-order valence-electron chi connectivity index (χ1n) is 6.97. The number of H-pyrrole nitrogens is 2. The third kappa shape index (κ3) is 3.19. The Hall–Kier alpha value is -2.41. The summed E-state index contributed by atoms with van der Waals surface area (Å²) in [6.07, 6.45) is 0. The van der Waals surface area contributed by atoms with E-state index in [0.29, 0.717) is 18.0 Å². The number of imidazole rings is 1. The second kappa shape index (κ2) is 6.37. The molecule has 0 saturated carbocycles. The fraction of sp³-hybridized carbons (Fsp3) is 0.188. The lowest BCUT2D eigenvalue weighted by atomic mass is 10.2. The van der Waals surface area contributed by atoms with E-state index >= 15 is 0 Å². The largest absolute Gasteiger partial charge is 0.493 e. The van der Waals surface area contributed by atoms with E-state index < -0.39 is 0 Å². The molecule has 3 aromatic rings. The van der Waals surface area contributed by atoms with Crippen molar-refractivity contribution in [3.8, 4) is 11.5 Å². The second-order valence-electron chi connectivity index (χ2n) is 4.99. The molecule has 0 bridgehead atoms. The molecular formula is C16H16BrN3O3. The minimum absolute atomic E-state index is 0.209. The highest BCUT2D eigenvalue weighted by atomic mass is 79.9. The van der Waals surface area contributed by atoms with Gasteiger partial charge in [0.2, 0.25) is 0 Å². The molecule has 0 aliphatic rings. The van der Waals surface area contributed by atoms with Crippen molar-refractivity contribution in [3.05, 3.63) is 50.9 Å². The van der Waals surface area contributed by atoms with Gasteiger partial charge in [-0.3, -0.25) is 0 Å². The Bertz CT molecular complexity index is 901. The number of benzene rings is 2. The Labute approximate surface area is 140 Å². The van der Waals surface area contributed by atoms with E-state index in [4.69, 9.17) is 9.47 Å². The summed E-state index contributed by atoms with van der Waals surface area (Å²) in [5, 5.41) is 3.33. The van der Waals surface area contributed by atoms with Crippen molar-refractivity contribution < 1.29 is 9.47 Å².